The molecule has 0 spiro atoms. The molecule has 0 radical (unpaired) electrons. The summed E-state index contributed by atoms with van der Waals surface area (Å²) in [7, 11) is 1.54. The van der Waals surface area contributed by atoms with Gasteiger partial charge in [0.1, 0.15) is 6.33 Å². The van der Waals surface area contributed by atoms with E-state index in [4.69, 9.17) is 9.57 Å². The zero-order chi connectivity index (χ0) is 26.2. The van der Waals surface area contributed by atoms with Crippen LogP contribution in [0.25, 0.3) is 0 Å². The number of carbonyl (C=O) groups is 2. The van der Waals surface area contributed by atoms with Crippen molar-refractivity contribution in [3.63, 3.8) is 0 Å². The second-order valence-electron chi connectivity index (χ2n) is 8.93. The number of nitrogens with zero attached hydrogens (tertiary/aromatic N) is 3. The van der Waals surface area contributed by atoms with E-state index in [0.29, 0.717) is 35.6 Å². The molecule has 8 nitrogen and oxygen atoms in total. The maximum Gasteiger partial charge on any atom is 0.294 e. The normalized spacial score (nSPS) is 11.5. The van der Waals surface area contributed by atoms with Crippen LogP contribution < -0.4 is 20.0 Å². The fourth-order valence-corrected chi connectivity index (χ4v) is 3.96. The van der Waals surface area contributed by atoms with Crippen LogP contribution in [0.3, 0.4) is 0 Å². The van der Waals surface area contributed by atoms with Gasteiger partial charge >= 0.3 is 0 Å². The zero-order valence-corrected chi connectivity index (χ0v) is 21.8. The molecule has 0 saturated carbocycles. The summed E-state index contributed by atoms with van der Waals surface area (Å²) in [5.41, 5.74) is 4.72. The highest BCUT2D eigenvalue weighted by Crippen LogP contribution is 2.34. The third-order valence-electron chi connectivity index (χ3n) is 5.91. The second-order valence-corrected chi connectivity index (χ2v) is 8.93. The number of aryl methyl sites for hydroxylation is 4. The Bertz CT molecular complexity index is 1190. The van der Waals surface area contributed by atoms with Gasteiger partial charge in [-0.1, -0.05) is 30.7 Å². The first-order valence-electron chi connectivity index (χ1n) is 12.0. The predicted molar refractivity (Wildman–Crippen MR) is 139 cm³/mol. The Kier molecular flexibility index (Phi) is 9.00. The van der Waals surface area contributed by atoms with E-state index in [-0.39, 0.29) is 11.9 Å². The van der Waals surface area contributed by atoms with E-state index in [1.807, 2.05) is 58.9 Å². The molecular weight excluding hydrogens is 456 g/mol. The number of hydrogen-bond donors (Lipinski definition) is 1. The summed E-state index contributed by atoms with van der Waals surface area (Å²) in [6, 6.07) is 9.60. The number of aromatic nitrogens is 2. The Morgan fingerprint density at radius 3 is 2.31 bits per heavy atom. The fourth-order valence-electron chi connectivity index (χ4n) is 3.96. The summed E-state index contributed by atoms with van der Waals surface area (Å²) in [6.45, 7) is 9.90. The molecule has 1 aromatic heterocycles. The molecule has 3 aromatic rings. The van der Waals surface area contributed by atoms with Crippen LogP contribution in [-0.4, -0.2) is 34.9 Å². The molecule has 36 heavy (non-hydrogen) atoms. The SMILES string of the molecule is CC[C@@H](C)NC(=O)CCc1ccc(ON(C(=O)c2cncnc2)c2c(C)cc(C)cc2C)c(OC)c1. The number of hydroxylamine groups is 1. The van der Waals surface area contributed by atoms with Crippen LogP contribution in [0.5, 0.6) is 11.5 Å². The molecule has 8 heteroatoms. The summed E-state index contributed by atoms with van der Waals surface area (Å²) in [4.78, 5) is 39.9. The minimum absolute atomic E-state index is 0.0100. The maximum atomic E-state index is 13.5. The molecule has 2 amide bonds. The average molecular weight is 491 g/mol. The fraction of sp³-hybridized carbons (Fsp3) is 0.357. The summed E-state index contributed by atoms with van der Waals surface area (Å²) in [5, 5.41) is 4.24. The molecule has 0 saturated heterocycles. The summed E-state index contributed by atoms with van der Waals surface area (Å²) < 4.78 is 5.59. The maximum absolute atomic E-state index is 13.5. The lowest BCUT2D eigenvalue weighted by Gasteiger charge is -2.26. The minimum Gasteiger partial charge on any atom is -0.493 e. The molecular formula is C28H34N4O4. The molecule has 0 bridgehead atoms. The monoisotopic (exact) mass is 490 g/mol. The molecule has 2 aromatic carbocycles. The number of amides is 2. The molecule has 0 fully saturated rings. The highest BCUT2D eigenvalue weighted by molar-refractivity contribution is 6.05. The number of benzene rings is 2. The lowest BCUT2D eigenvalue weighted by Crippen LogP contribution is -2.35. The molecule has 0 aliphatic heterocycles. The van der Waals surface area contributed by atoms with Gasteiger partial charge in [0.25, 0.3) is 5.91 Å². The second kappa shape index (κ2) is 12.2. The van der Waals surface area contributed by atoms with Gasteiger partial charge in [0.05, 0.1) is 18.4 Å². The van der Waals surface area contributed by atoms with Crippen molar-refractivity contribution >= 4 is 17.5 Å². The van der Waals surface area contributed by atoms with Crippen LogP contribution in [0.4, 0.5) is 5.69 Å². The van der Waals surface area contributed by atoms with Gasteiger partial charge in [-0.25, -0.2) is 9.97 Å². The quantitative estimate of drug-likeness (QED) is 0.407. The predicted octanol–water partition coefficient (Wildman–Crippen LogP) is 4.90. The Labute approximate surface area is 212 Å². The van der Waals surface area contributed by atoms with Crippen LogP contribution >= 0.6 is 0 Å². The molecule has 0 aliphatic carbocycles. The first-order chi connectivity index (χ1) is 17.2. The van der Waals surface area contributed by atoms with E-state index in [2.05, 4.69) is 15.3 Å². The lowest BCUT2D eigenvalue weighted by molar-refractivity contribution is -0.121. The highest BCUT2D eigenvalue weighted by atomic mass is 16.7. The Morgan fingerprint density at radius 2 is 1.69 bits per heavy atom. The van der Waals surface area contributed by atoms with Crippen LogP contribution in [0.1, 0.15) is 59.3 Å². The van der Waals surface area contributed by atoms with Crippen molar-refractivity contribution in [2.24, 2.45) is 0 Å². The highest BCUT2D eigenvalue weighted by Gasteiger charge is 2.26. The van der Waals surface area contributed by atoms with Crippen molar-refractivity contribution in [3.05, 3.63) is 76.9 Å². The first kappa shape index (κ1) is 26.7. The number of nitrogens with one attached hydrogen (secondary N) is 1. The van der Waals surface area contributed by atoms with Gasteiger partial charge in [-0.15, -0.1) is 5.06 Å². The topological polar surface area (TPSA) is 93.7 Å². The molecule has 1 N–H and O–H groups in total. The van der Waals surface area contributed by atoms with Gasteiger partial charge in [0.15, 0.2) is 11.5 Å². The number of ether oxygens (including phenoxy) is 1. The Hall–Kier alpha value is -3.94. The van der Waals surface area contributed by atoms with Crippen LogP contribution in [-0.2, 0) is 11.2 Å². The van der Waals surface area contributed by atoms with Crippen molar-refractivity contribution in [2.75, 3.05) is 12.2 Å². The van der Waals surface area contributed by atoms with Crippen LogP contribution in [0.2, 0.25) is 0 Å². The average Bonchev–Trinajstić information content (AvgIpc) is 2.86. The van der Waals surface area contributed by atoms with Crippen LogP contribution in [0.15, 0.2) is 49.1 Å². The number of anilines is 1. The third kappa shape index (κ3) is 6.59. The number of rotatable bonds is 10. The molecule has 190 valence electrons. The zero-order valence-electron chi connectivity index (χ0n) is 21.8. The van der Waals surface area contributed by atoms with Gasteiger partial charge < -0.3 is 14.9 Å². The number of hydrogen-bond acceptors (Lipinski definition) is 6. The van der Waals surface area contributed by atoms with Gasteiger partial charge in [0.2, 0.25) is 5.91 Å². The first-order valence-corrected chi connectivity index (χ1v) is 12.0. The number of carbonyl (C=O) groups excluding carboxylic acids is 2. The molecule has 1 heterocycles. The summed E-state index contributed by atoms with van der Waals surface area (Å²) in [6.07, 6.45) is 6.09. The van der Waals surface area contributed by atoms with E-state index in [9.17, 15) is 9.59 Å². The minimum atomic E-state index is -0.404. The van der Waals surface area contributed by atoms with Crippen molar-refractivity contribution < 1.29 is 19.2 Å². The van der Waals surface area contributed by atoms with Crippen molar-refractivity contribution in [3.8, 4) is 11.5 Å². The van der Waals surface area contributed by atoms with Crippen molar-refractivity contribution in [2.45, 2.75) is 59.9 Å². The van der Waals surface area contributed by atoms with E-state index >= 15 is 0 Å². The molecule has 0 unspecified atom stereocenters. The molecule has 0 aliphatic rings. The van der Waals surface area contributed by atoms with E-state index in [1.165, 1.54) is 23.8 Å². The third-order valence-corrected chi connectivity index (χ3v) is 5.91. The summed E-state index contributed by atoms with van der Waals surface area (Å²) >= 11 is 0. The van der Waals surface area contributed by atoms with Crippen LogP contribution in [0, 0.1) is 20.8 Å². The summed E-state index contributed by atoms with van der Waals surface area (Å²) in [5.74, 6) is 0.434. The largest absolute Gasteiger partial charge is 0.493 e. The van der Waals surface area contributed by atoms with Gasteiger partial charge in [0, 0.05) is 24.9 Å². The molecule has 3 rings (SSSR count). The van der Waals surface area contributed by atoms with Gasteiger partial charge in [-0.05, 0) is 69.4 Å². The van der Waals surface area contributed by atoms with Gasteiger partial charge in [-0.3, -0.25) is 9.59 Å². The Balaban J connectivity index is 1.91. The smallest absolute Gasteiger partial charge is 0.294 e. The molecule has 1 atom stereocenters. The standard InChI is InChI=1S/C28H34N4O4/c1-7-21(5)31-26(33)11-9-22-8-10-24(25(14-22)35-6)36-32(28(34)23-15-29-17-30-16-23)27-19(3)12-18(2)13-20(27)4/h8,10,12-17,21H,7,9,11H2,1-6H3,(H,31,33)/t21-/m1/s1. The van der Waals surface area contributed by atoms with Crippen molar-refractivity contribution in [1.29, 1.82) is 0 Å². The Morgan fingerprint density at radius 1 is 1.03 bits per heavy atom. The van der Waals surface area contributed by atoms with Gasteiger partial charge in [-0.2, -0.15) is 0 Å². The number of methoxy groups -OCH3 is 1. The van der Waals surface area contributed by atoms with E-state index in [1.54, 1.807) is 13.2 Å². The van der Waals surface area contributed by atoms with E-state index < -0.39 is 5.91 Å². The van der Waals surface area contributed by atoms with Crippen molar-refractivity contribution in [1.82, 2.24) is 15.3 Å². The lowest BCUT2D eigenvalue weighted by atomic mass is 10.0. The van der Waals surface area contributed by atoms with E-state index in [0.717, 1.165) is 28.7 Å².